The van der Waals surface area contributed by atoms with Gasteiger partial charge in [0, 0.05) is 37.3 Å². The Balaban J connectivity index is 1.24. The van der Waals surface area contributed by atoms with E-state index in [4.69, 9.17) is 30.9 Å². The summed E-state index contributed by atoms with van der Waals surface area (Å²) < 4.78 is 45.5. The summed E-state index contributed by atoms with van der Waals surface area (Å²) in [7, 11) is -3.43. The number of hydrogen-bond acceptors (Lipinski definition) is 12. The largest absolute Gasteiger partial charge is 0.491 e. The number of carbonyl (C=O) groups excluding carboxylic acids is 4. The van der Waals surface area contributed by atoms with E-state index in [2.05, 4.69) is 41.5 Å². The molecule has 0 unspecified atom stereocenters. The van der Waals surface area contributed by atoms with Crippen LogP contribution in [0.5, 0.6) is 11.5 Å². The van der Waals surface area contributed by atoms with Crippen LogP contribution in [-0.2, 0) is 29.7 Å². The topological polar surface area (TPSA) is 280 Å². The first kappa shape index (κ1) is 43.7. The molecule has 1 aliphatic rings. The van der Waals surface area contributed by atoms with Gasteiger partial charge in [0.2, 0.25) is 33.7 Å². The molecule has 2 aromatic carbocycles. The number of hydrogen-bond donors (Lipinski definition) is 5. The molecular formula is C39H46BrN13O8S. The fourth-order valence-corrected chi connectivity index (χ4v) is 8.44. The standard InChI is InChI=1S/C39H46BrN13O8S/c1-6-51-27(14-20(3)48-51)36(56)46-38-44-25-15-22(34(41)54)17-28(60-13-9-11-43-62(5,58)59)31(25)50(38)12-8-10-24-19-61-29-18-23(35(42)55)16-26-32(29)53(24)39(45-26)47-37(57)33-30(40)21(4)49-52(33)7-2/h14-18,24,43H,6-13,19H2,1-5H3,(H2,41,54)(H2,42,55)(H,44,46,56)(H,45,47,57)/t24-/m0/s1. The van der Waals surface area contributed by atoms with Crippen molar-refractivity contribution in [1.82, 2.24) is 43.4 Å². The summed E-state index contributed by atoms with van der Waals surface area (Å²) in [5.74, 6) is -1.31. The number of anilines is 2. The zero-order valence-corrected chi connectivity index (χ0v) is 37.0. The highest BCUT2D eigenvalue weighted by Crippen LogP contribution is 2.39. The highest BCUT2D eigenvalue weighted by molar-refractivity contribution is 9.10. The third kappa shape index (κ3) is 8.85. The highest BCUT2D eigenvalue weighted by atomic mass is 79.9. The number of nitrogens with one attached hydrogen (secondary N) is 3. The number of sulfonamides is 1. The Kier molecular flexibility index (Phi) is 12.4. The average molecular weight is 937 g/mol. The van der Waals surface area contributed by atoms with Gasteiger partial charge in [0.05, 0.1) is 45.8 Å². The number of amides is 4. The van der Waals surface area contributed by atoms with E-state index in [-0.39, 0.29) is 55.1 Å². The Bertz CT molecular complexity index is 2880. The van der Waals surface area contributed by atoms with Gasteiger partial charge in [-0.05, 0) is 93.2 Å². The van der Waals surface area contributed by atoms with E-state index in [1.165, 1.54) is 12.1 Å². The maximum absolute atomic E-state index is 13.9. The Morgan fingerprint density at radius 1 is 0.887 bits per heavy atom. The van der Waals surface area contributed by atoms with Crippen molar-refractivity contribution in [2.45, 2.75) is 72.6 Å². The predicted molar refractivity (Wildman–Crippen MR) is 232 cm³/mol. The van der Waals surface area contributed by atoms with Crippen LogP contribution in [0.25, 0.3) is 22.1 Å². The van der Waals surface area contributed by atoms with Crippen LogP contribution in [0.15, 0.2) is 34.8 Å². The number of aromatic nitrogens is 8. The van der Waals surface area contributed by atoms with E-state index in [0.717, 1.165) is 6.26 Å². The van der Waals surface area contributed by atoms with Gasteiger partial charge >= 0.3 is 0 Å². The molecule has 0 spiro atoms. The number of nitrogens with two attached hydrogens (primary N) is 2. The summed E-state index contributed by atoms with van der Waals surface area (Å²) in [6.45, 7) is 8.79. The summed E-state index contributed by atoms with van der Waals surface area (Å²) in [5, 5.41) is 14.8. The number of ether oxygens (including phenoxy) is 2. The molecule has 0 radical (unpaired) electrons. The quantitative estimate of drug-likeness (QED) is 0.0773. The number of imidazole rings is 2. The molecule has 23 heteroatoms. The van der Waals surface area contributed by atoms with Crippen LogP contribution in [0.1, 0.15) is 92.2 Å². The average Bonchev–Trinajstić information content (AvgIpc) is 3.96. The SMILES string of the molecule is CCn1nc(C)cc1C(=O)Nc1nc2cc(C(N)=O)cc(OCCCNS(C)(=O)=O)c2n1CCC[C@H]1COc2cc(C(N)=O)cc3nc(NC(=O)c4c(Br)c(C)nn4CC)n1c23. The number of benzene rings is 2. The number of rotatable bonds is 18. The van der Waals surface area contributed by atoms with Crippen molar-refractivity contribution in [3.8, 4) is 11.5 Å². The maximum atomic E-state index is 13.9. The normalized spacial score (nSPS) is 13.7. The predicted octanol–water partition coefficient (Wildman–Crippen LogP) is 3.63. The van der Waals surface area contributed by atoms with E-state index < -0.39 is 39.7 Å². The van der Waals surface area contributed by atoms with Gasteiger partial charge in [0.25, 0.3) is 11.8 Å². The van der Waals surface area contributed by atoms with E-state index >= 15 is 0 Å². The van der Waals surface area contributed by atoms with Gasteiger partial charge in [-0.1, -0.05) is 0 Å². The first-order valence-electron chi connectivity index (χ1n) is 19.8. The van der Waals surface area contributed by atoms with E-state index in [9.17, 15) is 27.6 Å². The zero-order chi connectivity index (χ0) is 44.6. The molecule has 7 N–H and O–H groups in total. The molecule has 62 heavy (non-hydrogen) atoms. The van der Waals surface area contributed by atoms with E-state index in [1.54, 1.807) is 46.0 Å². The van der Waals surface area contributed by atoms with E-state index in [0.29, 0.717) is 87.4 Å². The van der Waals surface area contributed by atoms with Crippen LogP contribution >= 0.6 is 15.9 Å². The zero-order valence-electron chi connectivity index (χ0n) is 34.6. The molecule has 4 amide bonds. The van der Waals surface area contributed by atoms with Crippen LogP contribution in [0.4, 0.5) is 11.9 Å². The summed E-state index contributed by atoms with van der Waals surface area (Å²) in [6.07, 6.45) is 2.25. The lowest BCUT2D eigenvalue weighted by Crippen LogP contribution is -2.26. The van der Waals surface area contributed by atoms with Gasteiger partial charge < -0.3 is 30.1 Å². The minimum Gasteiger partial charge on any atom is -0.491 e. The minimum absolute atomic E-state index is 0.0677. The van der Waals surface area contributed by atoms with Crippen molar-refractivity contribution >= 4 is 83.5 Å². The summed E-state index contributed by atoms with van der Waals surface area (Å²) in [6, 6.07) is 7.37. The van der Waals surface area contributed by atoms with E-state index in [1.807, 2.05) is 18.4 Å². The molecule has 328 valence electrons. The lowest BCUT2D eigenvalue weighted by Gasteiger charge is -2.27. The number of primary amides is 2. The van der Waals surface area contributed by atoms with Crippen molar-refractivity contribution in [3.63, 3.8) is 0 Å². The first-order valence-corrected chi connectivity index (χ1v) is 22.5. The second-order valence-electron chi connectivity index (χ2n) is 14.7. The number of carbonyl (C=O) groups is 4. The minimum atomic E-state index is -3.43. The van der Waals surface area contributed by atoms with Gasteiger partial charge in [0.1, 0.15) is 40.5 Å². The number of nitrogens with zero attached hydrogens (tertiary/aromatic N) is 8. The fourth-order valence-electron chi connectivity index (χ4n) is 7.46. The molecule has 4 aromatic heterocycles. The van der Waals surface area contributed by atoms with Crippen molar-refractivity contribution < 1.29 is 37.1 Å². The number of aryl methyl sites for hydroxylation is 5. The van der Waals surface area contributed by atoms with Crippen LogP contribution in [0.2, 0.25) is 0 Å². The molecule has 21 nitrogen and oxygen atoms in total. The van der Waals surface area contributed by atoms with Crippen LogP contribution in [0, 0.1) is 13.8 Å². The molecule has 7 rings (SSSR count). The summed E-state index contributed by atoms with van der Waals surface area (Å²) in [5.41, 5.74) is 15.3. The lowest BCUT2D eigenvalue weighted by molar-refractivity contribution is 0.0991. The van der Waals surface area contributed by atoms with Crippen LogP contribution in [-0.4, -0.2) is 96.7 Å². The van der Waals surface area contributed by atoms with Crippen molar-refractivity contribution in [2.24, 2.45) is 11.5 Å². The fraction of sp³-hybridized carbons (Fsp3) is 0.385. The summed E-state index contributed by atoms with van der Waals surface area (Å²) in [4.78, 5) is 61.9. The second-order valence-corrected chi connectivity index (χ2v) is 17.4. The number of fused-ring (bicyclic) bond motifs is 1. The molecular weight excluding hydrogens is 890 g/mol. The smallest absolute Gasteiger partial charge is 0.277 e. The molecule has 0 saturated heterocycles. The Morgan fingerprint density at radius 3 is 2.23 bits per heavy atom. The van der Waals surface area contributed by atoms with Gasteiger partial charge in [-0.3, -0.25) is 39.2 Å². The monoisotopic (exact) mass is 935 g/mol. The third-order valence-electron chi connectivity index (χ3n) is 10.2. The molecule has 0 saturated carbocycles. The molecule has 5 heterocycles. The highest BCUT2D eigenvalue weighted by Gasteiger charge is 2.31. The van der Waals surface area contributed by atoms with Crippen molar-refractivity contribution in [1.29, 1.82) is 0 Å². The molecule has 0 fully saturated rings. The van der Waals surface area contributed by atoms with Crippen molar-refractivity contribution in [3.05, 3.63) is 68.7 Å². The third-order valence-corrected chi connectivity index (χ3v) is 11.9. The molecule has 0 aliphatic carbocycles. The Labute approximate surface area is 363 Å². The molecule has 6 aromatic rings. The molecule has 1 atom stereocenters. The van der Waals surface area contributed by atoms with Crippen LogP contribution in [0.3, 0.4) is 0 Å². The Morgan fingerprint density at radius 2 is 1.55 bits per heavy atom. The van der Waals surface area contributed by atoms with Gasteiger partial charge in [0.15, 0.2) is 0 Å². The summed E-state index contributed by atoms with van der Waals surface area (Å²) >= 11 is 3.50. The van der Waals surface area contributed by atoms with Gasteiger partial charge in [-0.15, -0.1) is 0 Å². The van der Waals surface area contributed by atoms with Crippen molar-refractivity contribution in [2.75, 3.05) is 36.6 Å². The van der Waals surface area contributed by atoms with Gasteiger partial charge in [-0.25, -0.2) is 23.1 Å². The van der Waals surface area contributed by atoms with Gasteiger partial charge in [-0.2, -0.15) is 10.2 Å². The van der Waals surface area contributed by atoms with Crippen LogP contribution < -0.4 is 36.3 Å². The molecule has 1 aliphatic heterocycles. The number of halogens is 1. The lowest BCUT2D eigenvalue weighted by atomic mass is 10.1. The molecule has 0 bridgehead atoms. The maximum Gasteiger partial charge on any atom is 0.277 e. The first-order chi connectivity index (χ1) is 29.5. The Hall–Kier alpha value is -6.33. The second kappa shape index (κ2) is 17.6.